The van der Waals surface area contributed by atoms with Crippen LogP contribution in [0.4, 0.5) is 0 Å². The Kier molecular flexibility index (Phi) is 5.41. The Morgan fingerprint density at radius 2 is 2.05 bits per heavy atom. The summed E-state index contributed by atoms with van der Waals surface area (Å²) in [6.45, 7) is 5.28. The van der Waals surface area contributed by atoms with E-state index in [9.17, 15) is 5.11 Å². The molecular formula is C18H27ClN2O. The molecule has 1 heterocycles. The molecule has 0 bridgehead atoms. The number of fused-ring (bicyclic) bond motifs is 3. The molecule has 0 radical (unpaired) electrons. The lowest BCUT2D eigenvalue weighted by Gasteiger charge is -2.26. The average Bonchev–Trinajstić information content (AvgIpc) is 2.82. The number of nitrogens with two attached hydrogens (primary N) is 1. The second-order valence-corrected chi connectivity index (χ2v) is 6.31. The molecule has 0 spiro atoms. The molecular weight excluding hydrogens is 296 g/mol. The number of phenols is 1. The van der Waals surface area contributed by atoms with Gasteiger partial charge in [-0.25, -0.2) is 0 Å². The molecule has 1 aromatic heterocycles. The van der Waals surface area contributed by atoms with E-state index in [-0.39, 0.29) is 12.4 Å². The van der Waals surface area contributed by atoms with E-state index in [1.165, 1.54) is 28.6 Å². The molecule has 1 aliphatic carbocycles. The van der Waals surface area contributed by atoms with Crippen molar-refractivity contribution in [1.29, 1.82) is 0 Å². The lowest BCUT2D eigenvalue weighted by atomic mass is 9.86. The molecule has 0 aliphatic heterocycles. The Labute approximate surface area is 138 Å². The molecule has 1 unspecified atom stereocenters. The molecule has 0 saturated carbocycles. The number of benzene rings is 1. The van der Waals surface area contributed by atoms with Crippen LogP contribution in [0.1, 0.15) is 50.4 Å². The van der Waals surface area contributed by atoms with E-state index in [1.54, 1.807) is 0 Å². The summed E-state index contributed by atoms with van der Waals surface area (Å²) < 4.78 is 2.54. The highest BCUT2D eigenvalue weighted by atomic mass is 35.5. The quantitative estimate of drug-likeness (QED) is 0.886. The highest BCUT2D eigenvalue weighted by Crippen LogP contribution is 2.38. The van der Waals surface area contributed by atoms with Crippen molar-refractivity contribution in [1.82, 2.24) is 4.57 Å². The Bertz CT molecular complexity index is 646. The second kappa shape index (κ2) is 6.93. The molecule has 1 atom stereocenters. The predicted octanol–water partition coefficient (Wildman–Crippen LogP) is 4.19. The normalized spacial score (nSPS) is 17.5. The van der Waals surface area contributed by atoms with Gasteiger partial charge in [-0.2, -0.15) is 0 Å². The van der Waals surface area contributed by atoms with E-state index in [2.05, 4.69) is 24.5 Å². The molecule has 0 fully saturated rings. The zero-order chi connectivity index (χ0) is 15.0. The summed E-state index contributed by atoms with van der Waals surface area (Å²) >= 11 is 0. The number of rotatable bonds is 4. The third-order valence-corrected chi connectivity index (χ3v) is 5.13. The van der Waals surface area contributed by atoms with Crippen LogP contribution < -0.4 is 5.73 Å². The molecule has 3 rings (SSSR count). The van der Waals surface area contributed by atoms with Crippen LogP contribution in [0.2, 0.25) is 0 Å². The highest BCUT2D eigenvalue weighted by Gasteiger charge is 2.26. The third kappa shape index (κ3) is 2.72. The van der Waals surface area contributed by atoms with Gasteiger partial charge in [0.15, 0.2) is 0 Å². The van der Waals surface area contributed by atoms with Crippen molar-refractivity contribution in [2.24, 2.45) is 11.7 Å². The minimum Gasteiger partial charge on any atom is -0.508 e. The number of hydrogen-bond donors (Lipinski definition) is 2. The van der Waals surface area contributed by atoms with Crippen molar-refractivity contribution in [3.8, 4) is 5.75 Å². The molecule has 4 heteroatoms. The molecule has 2 aromatic rings. The fraction of sp³-hybridized carbons (Fsp3) is 0.556. The summed E-state index contributed by atoms with van der Waals surface area (Å²) in [5.74, 6) is 0.947. The Morgan fingerprint density at radius 3 is 2.68 bits per heavy atom. The van der Waals surface area contributed by atoms with Crippen molar-refractivity contribution < 1.29 is 5.11 Å². The third-order valence-electron chi connectivity index (χ3n) is 5.13. The molecule has 0 saturated heterocycles. The predicted molar refractivity (Wildman–Crippen MR) is 95.0 cm³/mol. The van der Waals surface area contributed by atoms with Crippen LogP contribution in [0.5, 0.6) is 5.75 Å². The van der Waals surface area contributed by atoms with E-state index in [0.717, 1.165) is 32.2 Å². The number of phenolic OH excluding ortho intramolecular Hbond substituents is 1. The summed E-state index contributed by atoms with van der Waals surface area (Å²) in [4.78, 5) is 0. The molecule has 3 N–H and O–H groups in total. The van der Waals surface area contributed by atoms with Gasteiger partial charge in [0.05, 0.1) is 0 Å². The van der Waals surface area contributed by atoms with Gasteiger partial charge in [-0.05, 0) is 68.3 Å². The van der Waals surface area contributed by atoms with Crippen molar-refractivity contribution in [3.05, 3.63) is 29.5 Å². The number of aromatic nitrogens is 1. The fourth-order valence-electron chi connectivity index (χ4n) is 3.92. The van der Waals surface area contributed by atoms with E-state index < -0.39 is 0 Å². The minimum absolute atomic E-state index is 0. The number of nitrogens with zero attached hydrogens (tertiary/aromatic N) is 1. The Balaban J connectivity index is 0.00000176. The first-order valence-corrected chi connectivity index (χ1v) is 8.24. The van der Waals surface area contributed by atoms with E-state index >= 15 is 0 Å². The summed E-state index contributed by atoms with van der Waals surface area (Å²) in [5, 5.41) is 11.1. The zero-order valence-electron chi connectivity index (χ0n) is 13.5. The first kappa shape index (κ1) is 17.2. The van der Waals surface area contributed by atoms with Crippen LogP contribution in [0.15, 0.2) is 18.2 Å². The van der Waals surface area contributed by atoms with Gasteiger partial charge >= 0.3 is 0 Å². The van der Waals surface area contributed by atoms with Crippen molar-refractivity contribution in [2.75, 3.05) is 6.54 Å². The standard InChI is InChI=1S/C18H26N2O.ClH/c1-3-13(4-2)20-17-7-5-12(11-19)9-15(17)16-10-14(21)6-8-18(16)20;/h6,8,10,12-13,21H,3-5,7,9,11,19H2,1-2H3;1H. The topological polar surface area (TPSA) is 51.2 Å². The molecule has 0 amide bonds. The summed E-state index contributed by atoms with van der Waals surface area (Å²) in [6, 6.07) is 6.38. The maximum Gasteiger partial charge on any atom is 0.116 e. The molecule has 1 aliphatic rings. The average molecular weight is 323 g/mol. The van der Waals surface area contributed by atoms with Crippen LogP contribution in [-0.2, 0) is 12.8 Å². The van der Waals surface area contributed by atoms with Gasteiger partial charge in [0.1, 0.15) is 5.75 Å². The van der Waals surface area contributed by atoms with Crippen LogP contribution >= 0.6 is 12.4 Å². The Morgan fingerprint density at radius 1 is 1.32 bits per heavy atom. The molecule has 3 nitrogen and oxygen atoms in total. The smallest absolute Gasteiger partial charge is 0.116 e. The monoisotopic (exact) mass is 322 g/mol. The van der Waals surface area contributed by atoms with Gasteiger partial charge < -0.3 is 15.4 Å². The summed E-state index contributed by atoms with van der Waals surface area (Å²) in [6.07, 6.45) is 5.65. The number of halogens is 1. The lowest BCUT2D eigenvalue weighted by molar-refractivity contribution is 0.424. The van der Waals surface area contributed by atoms with Gasteiger partial charge in [-0.15, -0.1) is 12.4 Å². The van der Waals surface area contributed by atoms with Gasteiger partial charge in [0.2, 0.25) is 0 Å². The second-order valence-electron chi connectivity index (χ2n) is 6.31. The van der Waals surface area contributed by atoms with Crippen LogP contribution in [0, 0.1) is 5.92 Å². The van der Waals surface area contributed by atoms with E-state index in [0.29, 0.717) is 17.7 Å². The zero-order valence-corrected chi connectivity index (χ0v) is 14.3. The van der Waals surface area contributed by atoms with Crippen molar-refractivity contribution in [2.45, 2.75) is 52.0 Å². The minimum atomic E-state index is 0. The molecule has 22 heavy (non-hydrogen) atoms. The summed E-state index contributed by atoms with van der Waals surface area (Å²) in [7, 11) is 0. The fourth-order valence-corrected chi connectivity index (χ4v) is 3.92. The SMILES string of the molecule is CCC(CC)n1c2c(c3cc(O)ccc31)CC(CN)CC2.Cl. The number of hydrogen-bond acceptors (Lipinski definition) is 2. The highest BCUT2D eigenvalue weighted by molar-refractivity contribution is 5.87. The van der Waals surface area contributed by atoms with E-state index in [1.807, 2.05) is 12.1 Å². The maximum atomic E-state index is 9.88. The Hall–Kier alpha value is -1.19. The van der Waals surface area contributed by atoms with Crippen LogP contribution in [-0.4, -0.2) is 16.2 Å². The molecule has 122 valence electrons. The first-order chi connectivity index (χ1) is 10.2. The van der Waals surface area contributed by atoms with Crippen molar-refractivity contribution in [3.63, 3.8) is 0 Å². The van der Waals surface area contributed by atoms with Gasteiger partial charge in [0.25, 0.3) is 0 Å². The number of aromatic hydroxyl groups is 1. The first-order valence-electron chi connectivity index (χ1n) is 8.24. The van der Waals surface area contributed by atoms with Crippen molar-refractivity contribution >= 4 is 23.3 Å². The van der Waals surface area contributed by atoms with Gasteiger partial charge in [-0.1, -0.05) is 13.8 Å². The largest absolute Gasteiger partial charge is 0.508 e. The van der Waals surface area contributed by atoms with E-state index in [4.69, 9.17) is 5.73 Å². The van der Waals surface area contributed by atoms with Gasteiger partial charge in [0, 0.05) is 22.6 Å². The van der Waals surface area contributed by atoms with Gasteiger partial charge in [-0.3, -0.25) is 0 Å². The van der Waals surface area contributed by atoms with Crippen LogP contribution in [0.3, 0.4) is 0 Å². The lowest BCUT2D eigenvalue weighted by Crippen LogP contribution is -2.23. The summed E-state index contributed by atoms with van der Waals surface area (Å²) in [5.41, 5.74) is 10.1. The maximum absolute atomic E-state index is 9.88. The molecule has 1 aromatic carbocycles. The van der Waals surface area contributed by atoms with Crippen LogP contribution in [0.25, 0.3) is 10.9 Å².